The molecule has 1 heterocycles. The number of para-hydroxylation sites is 1. The molecule has 1 N–H and O–H groups in total. The van der Waals surface area contributed by atoms with Crippen LogP contribution in [0.3, 0.4) is 0 Å². The van der Waals surface area contributed by atoms with Gasteiger partial charge in [0.25, 0.3) is 0 Å². The Hall–Kier alpha value is -1.52. The van der Waals surface area contributed by atoms with E-state index in [-0.39, 0.29) is 6.10 Å². The summed E-state index contributed by atoms with van der Waals surface area (Å²) < 4.78 is 5.54. The van der Waals surface area contributed by atoms with E-state index >= 15 is 0 Å². The molecule has 0 radical (unpaired) electrons. The second-order valence-electron chi connectivity index (χ2n) is 5.34. The Balaban J connectivity index is 2.32. The standard InChI is InChI=1S/C16H20ClNO3/c1-11-8-9-18(10-14(11)21-2)16-12(6-7-15(19)20)4-3-5-13(16)17/h3-7,11,14H,8-10H2,1-2H3,(H,19,20)/b7-6+. The van der Waals surface area contributed by atoms with Crippen LogP contribution >= 0.6 is 11.6 Å². The SMILES string of the molecule is COC1CN(c2c(Cl)cccc2/C=C/C(=O)O)CCC1C. The summed E-state index contributed by atoms with van der Waals surface area (Å²) in [6.07, 6.45) is 3.90. The molecule has 1 aliphatic rings. The molecule has 114 valence electrons. The van der Waals surface area contributed by atoms with Gasteiger partial charge in [0, 0.05) is 26.3 Å². The third kappa shape index (κ3) is 3.77. The molecule has 0 aliphatic carbocycles. The first-order chi connectivity index (χ1) is 10.0. The molecule has 0 amide bonds. The number of aliphatic carboxylic acids is 1. The summed E-state index contributed by atoms with van der Waals surface area (Å²) in [6.45, 7) is 3.83. The summed E-state index contributed by atoms with van der Waals surface area (Å²) >= 11 is 6.34. The highest BCUT2D eigenvalue weighted by atomic mass is 35.5. The van der Waals surface area contributed by atoms with Crippen molar-refractivity contribution in [3.63, 3.8) is 0 Å². The van der Waals surface area contributed by atoms with E-state index in [2.05, 4.69) is 11.8 Å². The van der Waals surface area contributed by atoms with Crippen LogP contribution in [-0.2, 0) is 9.53 Å². The Morgan fingerprint density at radius 2 is 2.29 bits per heavy atom. The van der Waals surface area contributed by atoms with Gasteiger partial charge in [0.05, 0.1) is 16.8 Å². The molecule has 0 saturated carbocycles. The number of carbonyl (C=O) groups is 1. The molecule has 1 aromatic rings. The zero-order chi connectivity index (χ0) is 15.4. The van der Waals surface area contributed by atoms with Gasteiger partial charge in [-0.15, -0.1) is 0 Å². The highest BCUT2D eigenvalue weighted by Gasteiger charge is 2.27. The maximum atomic E-state index is 10.7. The van der Waals surface area contributed by atoms with Gasteiger partial charge in [0.1, 0.15) is 0 Å². The average molecular weight is 310 g/mol. The number of methoxy groups -OCH3 is 1. The monoisotopic (exact) mass is 309 g/mol. The first kappa shape index (κ1) is 15.9. The maximum Gasteiger partial charge on any atom is 0.328 e. The van der Waals surface area contributed by atoms with Gasteiger partial charge >= 0.3 is 5.97 Å². The van der Waals surface area contributed by atoms with Crippen LogP contribution in [0.15, 0.2) is 24.3 Å². The van der Waals surface area contributed by atoms with Crippen LogP contribution < -0.4 is 4.90 Å². The van der Waals surface area contributed by atoms with Crippen LogP contribution in [0.1, 0.15) is 18.9 Å². The fourth-order valence-corrected chi connectivity index (χ4v) is 3.01. The van der Waals surface area contributed by atoms with Crippen molar-refractivity contribution in [2.45, 2.75) is 19.4 Å². The number of nitrogens with zero attached hydrogens (tertiary/aromatic N) is 1. The second kappa shape index (κ2) is 6.96. The summed E-state index contributed by atoms with van der Waals surface area (Å²) in [5.74, 6) is -0.463. The van der Waals surface area contributed by atoms with E-state index in [0.29, 0.717) is 10.9 Å². The van der Waals surface area contributed by atoms with Crippen molar-refractivity contribution in [3.8, 4) is 0 Å². The van der Waals surface area contributed by atoms with Crippen molar-refractivity contribution >= 4 is 29.3 Å². The van der Waals surface area contributed by atoms with Crippen LogP contribution in [0.2, 0.25) is 5.02 Å². The van der Waals surface area contributed by atoms with Gasteiger partial charge in [-0.2, -0.15) is 0 Å². The van der Waals surface area contributed by atoms with Crippen molar-refractivity contribution in [3.05, 3.63) is 34.9 Å². The summed E-state index contributed by atoms with van der Waals surface area (Å²) in [5, 5.41) is 9.44. The van der Waals surface area contributed by atoms with E-state index < -0.39 is 5.97 Å². The molecule has 1 aromatic carbocycles. The Morgan fingerprint density at radius 3 is 2.95 bits per heavy atom. The Morgan fingerprint density at radius 1 is 1.52 bits per heavy atom. The smallest absolute Gasteiger partial charge is 0.328 e. The molecule has 1 saturated heterocycles. The van der Waals surface area contributed by atoms with E-state index in [1.165, 1.54) is 0 Å². The molecular weight excluding hydrogens is 290 g/mol. The number of benzene rings is 1. The van der Waals surface area contributed by atoms with E-state index in [4.69, 9.17) is 21.4 Å². The quantitative estimate of drug-likeness (QED) is 0.867. The van der Waals surface area contributed by atoms with Crippen molar-refractivity contribution in [1.29, 1.82) is 0 Å². The lowest BCUT2D eigenvalue weighted by Gasteiger charge is -2.38. The number of carboxylic acids is 1. The van der Waals surface area contributed by atoms with Crippen LogP contribution in [0.25, 0.3) is 6.08 Å². The minimum Gasteiger partial charge on any atom is -0.478 e. The normalized spacial score (nSPS) is 22.7. The lowest BCUT2D eigenvalue weighted by molar-refractivity contribution is -0.131. The minimum atomic E-state index is -0.969. The highest BCUT2D eigenvalue weighted by molar-refractivity contribution is 6.33. The Bertz CT molecular complexity index is 544. The van der Waals surface area contributed by atoms with Crippen molar-refractivity contribution in [2.24, 2.45) is 5.92 Å². The molecule has 1 fully saturated rings. The molecule has 2 atom stereocenters. The molecule has 1 aliphatic heterocycles. The number of ether oxygens (including phenoxy) is 1. The van der Waals surface area contributed by atoms with Crippen LogP contribution in [-0.4, -0.2) is 37.4 Å². The zero-order valence-corrected chi connectivity index (χ0v) is 13.0. The van der Waals surface area contributed by atoms with Gasteiger partial charge in [-0.25, -0.2) is 4.79 Å². The molecule has 0 spiro atoms. The second-order valence-corrected chi connectivity index (χ2v) is 5.74. The first-order valence-electron chi connectivity index (χ1n) is 7.00. The van der Waals surface area contributed by atoms with Crippen LogP contribution in [0.5, 0.6) is 0 Å². The summed E-state index contributed by atoms with van der Waals surface area (Å²) in [5.41, 5.74) is 1.69. The van der Waals surface area contributed by atoms with Crippen molar-refractivity contribution < 1.29 is 14.6 Å². The molecule has 21 heavy (non-hydrogen) atoms. The number of halogens is 1. The largest absolute Gasteiger partial charge is 0.478 e. The van der Waals surface area contributed by atoms with Gasteiger partial charge in [-0.05, 0) is 30.0 Å². The van der Waals surface area contributed by atoms with Gasteiger partial charge in [-0.1, -0.05) is 30.7 Å². The number of hydrogen-bond donors (Lipinski definition) is 1. The van der Waals surface area contributed by atoms with Crippen molar-refractivity contribution in [1.82, 2.24) is 0 Å². The molecule has 2 unspecified atom stereocenters. The summed E-state index contributed by atoms with van der Waals surface area (Å²) in [4.78, 5) is 12.9. The lowest BCUT2D eigenvalue weighted by Crippen LogP contribution is -2.44. The number of carboxylic acid groups (broad SMARTS) is 1. The van der Waals surface area contributed by atoms with E-state index in [1.807, 2.05) is 18.2 Å². The topological polar surface area (TPSA) is 49.8 Å². The van der Waals surface area contributed by atoms with Gasteiger partial charge in [-0.3, -0.25) is 0 Å². The molecule has 2 rings (SSSR count). The van der Waals surface area contributed by atoms with Gasteiger partial charge < -0.3 is 14.7 Å². The highest BCUT2D eigenvalue weighted by Crippen LogP contribution is 2.34. The minimum absolute atomic E-state index is 0.159. The third-order valence-electron chi connectivity index (χ3n) is 3.93. The number of anilines is 1. The molecule has 0 bridgehead atoms. The third-order valence-corrected chi connectivity index (χ3v) is 4.24. The molecule has 4 nitrogen and oxygen atoms in total. The fraction of sp³-hybridized carbons (Fsp3) is 0.438. The van der Waals surface area contributed by atoms with Crippen molar-refractivity contribution in [2.75, 3.05) is 25.1 Å². The first-order valence-corrected chi connectivity index (χ1v) is 7.38. The molecular formula is C16H20ClNO3. The summed E-state index contributed by atoms with van der Waals surface area (Å²) in [7, 11) is 1.72. The predicted octanol–water partition coefficient (Wildman–Crippen LogP) is 3.30. The average Bonchev–Trinajstić information content (AvgIpc) is 2.46. The van der Waals surface area contributed by atoms with E-state index in [0.717, 1.165) is 36.8 Å². The molecule has 0 aromatic heterocycles. The lowest BCUT2D eigenvalue weighted by atomic mass is 9.95. The predicted molar refractivity (Wildman–Crippen MR) is 84.9 cm³/mol. The number of piperidine rings is 1. The maximum absolute atomic E-state index is 10.7. The van der Waals surface area contributed by atoms with Gasteiger partial charge in [0.2, 0.25) is 0 Å². The zero-order valence-electron chi connectivity index (χ0n) is 12.3. The van der Waals surface area contributed by atoms with E-state index in [9.17, 15) is 4.79 Å². The Labute approximate surface area is 130 Å². The van der Waals surface area contributed by atoms with Crippen LogP contribution in [0.4, 0.5) is 5.69 Å². The van der Waals surface area contributed by atoms with Gasteiger partial charge in [0.15, 0.2) is 0 Å². The Kier molecular flexibility index (Phi) is 5.26. The molecule has 5 heteroatoms. The van der Waals surface area contributed by atoms with Crippen LogP contribution in [0, 0.1) is 5.92 Å². The number of rotatable bonds is 4. The number of hydrogen-bond acceptors (Lipinski definition) is 3. The fourth-order valence-electron chi connectivity index (χ4n) is 2.70. The van der Waals surface area contributed by atoms with E-state index in [1.54, 1.807) is 13.2 Å². The summed E-state index contributed by atoms with van der Waals surface area (Å²) in [6, 6.07) is 5.53.